The molecule has 21 heavy (non-hydrogen) atoms. The Morgan fingerprint density at radius 2 is 1.90 bits per heavy atom. The zero-order chi connectivity index (χ0) is 14.5. The van der Waals surface area contributed by atoms with Crippen molar-refractivity contribution in [3.8, 4) is 5.75 Å². The number of ether oxygens (including phenoxy) is 1. The van der Waals surface area contributed by atoms with Crippen LogP contribution in [0.4, 0.5) is 22.5 Å². The van der Waals surface area contributed by atoms with Crippen LogP contribution in [0.2, 0.25) is 0 Å². The molecule has 6 nitrogen and oxygen atoms in total. The highest BCUT2D eigenvalue weighted by Gasteiger charge is 2.03. The normalized spacial score (nSPS) is 10.1. The van der Waals surface area contributed by atoms with E-state index in [1.807, 2.05) is 29.6 Å². The highest BCUT2D eigenvalue weighted by Crippen LogP contribution is 2.25. The Morgan fingerprint density at radius 3 is 2.62 bits per heavy atom. The van der Waals surface area contributed by atoms with Crippen LogP contribution in [-0.4, -0.2) is 22.1 Å². The summed E-state index contributed by atoms with van der Waals surface area (Å²) in [6.07, 6.45) is 4.91. The minimum Gasteiger partial charge on any atom is -0.497 e. The fourth-order valence-corrected chi connectivity index (χ4v) is 2.33. The van der Waals surface area contributed by atoms with Crippen molar-refractivity contribution in [2.75, 3.05) is 17.7 Å². The van der Waals surface area contributed by atoms with E-state index in [9.17, 15) is 0 Å². The molecule has 106 valence electrons. The molecule has 2 N–H and O–H groups in total. The lowest BCUT2D eigenvalue weighted by Crippen LogP contribution is -1.94. The summed E-state index contributed by atoms with van der Waals surface area (Å²) in [5.74, 6) is 2.27. The molecular weight excluding hydrogens is 286 g/mol. The van der Waals surface area contributed by atoms with Crippen molar-refractivity contribution in [2.45, 2.75) is 0 Å². The number of hydrogen-bond acceptors (Lipinski definition) is 7. The molecule has 2 aromatic heterocycles. The summed E-state index contributed by atoms with van der Waals surface area (Å²) < 4.78 is 5.13. The first kappa shape index (κ1) is 13.3. The van der Waals surface area contributed by atoms with Gasteiger partial charge in [0, 0.05) is 23.5 Å². The van der Waals surface area contributed by atoms with Crippen LogP contribution in [0.15, 0.2) is 48.2 Å². The van der Waals surface area contributed by atoms with Crippen LogP contribution in [0, 0.1) is 0 Å². The molecule has 0 bridgehead atoms. The summed E-state index contributed by atoms with van der Waals surface area (Å²) >= 11 is 1.49. The first-order valence-corrected chi connectivity index (χ1v) is 7.11. The van der Waals surface area contributed by atoms with E-state index in [-0.39, 0.29) is 0 Å². The number of benzene rings is 1. The quantitative estimate of drug-likeness (QED) is 0.752. The van der Waals surface area contributed by atoms with E-state index in [0.29, 0.717) is 5.82 Å². The zero-order valence-electron chi connectivity index (χ0n) is 11.3. The van der Waals surface area contributed by atoms with E-state index in [1.54, 1.807) is 25.7 Å². The third-order valence-corrected chi connectivity index (χ3v) is 3.42. The Balaban J connectivity index is 1.67. The maximum atomic E-state index is 5.13. The molecule has 0 saturated heterocycles. The van der Waals surface area contributed by atoms with Gasteiger partial charge in [-0.2, -0.15) is 0 Å². The summed E-state index contributed by atoms with van der Waals surface area (Å²) in [5.41, 5.74) is 0.951. The van der Waals surface area contributed by atoms with Crippen LogP contribution in [-0.2, 0) is 0 Å². The number of thiazole rings is 1. The number of methoxy groups -OCH3 is 1. The van der Waals surface area contributed by atoms with Crippen molar-refractivity contribution in [3.63, 3.8) is 0 Å². The molecule has 0 fully saturated rings. The van der Waals surface area contributed by atoms with Gasteiger partial charge in [0.2, 0.25) is 0 Å². The second-order valence-electron chi connectivity index (χ2n) is 4.11. The molecule has 0 aliphatic heterocycles. The van der Waals surface area contributed by atoms with Gasteiger partial charge in [0.05, 0.1) is 13.3 Å². The van der Waals surface area contributed by atoms with Gasteiger partial charge in [-0.15, -0.1) is 11.3 Å². The largest absolute Gasteiger partial charge is 0.497 e. The summed E-state index contributed by atoms with van der Waals surface area (Å²) in [7, 11) is 1.65. The van der Waals surface area contributed by atoms with Gasteiger partial charge in [-0.3, -0.25) is 4.98 Å². The third-order valence-electron chi connectivity index (χ3n) is 2.66. The number of nitrogens with one attached hydrogen (secondary N) is 2. The van der Waals surface area contributed by atoms with Gasteiger partial charge in [0.15, 0.2) is 10.9 Å². The highest BCUT2D eigenvalue weighted by atomic mass is 32.1. The lowest BCUT2D eigenvalue weighted by atomic mass is 10.3. The van der Waals surface area contributed by atoms with Crippen molar-refractivity contribution < 1.29 is 4.74 Å². The minimum atomic E-state index is 0.669. The number of rotatable bonds is 5. The van der Waals surface area contributed by atoms with E-state index in [1.165, 1.54) is 11.3 Å². The van der Waals surface area contributed by atoms with Gasteiger partial charge in [-0.05, 0) is 24.3 Å². The molecule has 0 spiro atoms. The number of nitrogens with zero attached hydrogens (tertiary/aromatic N) is 3. The Kier molecular flexibility index (Phi) is 3.92. The molecule has 0 aliphatic carbocycles. The molecule has 7 heteroatoms. The monoisotopic (exact) mass is 299 g/mol. The van der Waals surface area contributed by atoms with Crippen LogP contribution in [0.3, 0.4) is 0 Å². The van der Waals surface area contributed by atoms with Crippen molar-refractivity contribution in [1.29, 1.82) is 0 Å². The predicted octanol–water partition coefficient (Wildman–Crippen LogP) is 3.43. The maximum Gasteiger partial charge on any atom is 0.190 e. The van der Waals surface area contributed by atoms with Gasteiger partial charge in [-0.25, -0.2) is 9.97 Å². The van der Waals surface area contributed by atoms with Crippen molar-refractivity contribution in [2.24, 2.45) is 0 Å². The Morgan fingerprint density at radius 1 is 1.05 bits per heavy atom. The van der Waals surface area contributed by atoms with E-state index in [0.717, 1.165) is 22.4 Å². The van der Waals surface area contributed by atoms with E-state index in [4.69, 9.17) is 4.74 Å². The van der Waals surface area contributed by atoms with Gasteiger partial charge < -0.3 is 15.4 Å². The van der Waals surface area contributed by atoms with Crippen LogP contribution >= 0.6 is 11.3 Å². The predicted molar refractivity (Wildman–Crippen MR) is 83.7 cm³/mol. The average molecular weight is 299 g/mol. The van der Waals surface area contributed by atoms with Crippen molar-refractivity contribution in [3.05, 3.63) is 48.2 Å². The van der Waals surface area contributed by atoms with E-state index in [2.05, 4.69) is 25.6 Å². The first-order valence-electron chi connectivity index (χ1n) is 6.23. The maximum absolute atomic E-state index is 5.13. The fourth-order valence-electron chi connectivity index (χ4n) is 1.68. The molecule has 0 amide bonds. The van der Waals surface area contributed by atoms with E-state index >= 15 is 0 Å². The molecule has 3 aromatic rings. The summed E-state index contributed by atoms with van der Waals surface area (Å²) in [4.78, 5) is 12.6. The average Bonchev–Trinajstić information content (AvgIpc) is 2.96. The summed E-state index contributed by atoms with van der Waals surface area (Å²) in [6, 6.07) is 7.67. The van der Waals surface area contributed by atoms with E-state index < -0.39 is 0 Å². The Labute approximate surface area is 125 Å². The second-order valence-corrected chi connectivity index (χ2v) is 4.97. The third kappa shape index (κ3) is 3.46. The summed E-state index contributed by atoms with van der Waals surface area (Å²) in [5, 5.41) is 9.02. The van der Waals surface area contributed by atoms with Gasteiger partial charge in [0.1, 0.15) is 11.6 Å². The van der Waals surface area contributed by atoms with Crippen molar-refractivity contribution >= 4 is 33.8 Å². The second kappa shape index (κ2) is 6.19. The molecular formula is C14H13N5OS. The van der Waals surface area contributed by atoms with Gasteiger partial charge in [0.25, 0.3) is 0 Å². The molecule has 3 rings (SSSR count). The smallest absolute Gasteiger partial charge is 0.190 e. The number of hydrogen-bond donors (Lipinski definition) is 2. The van der Waals surface area contributed by atoms with Crippen LogP contribution in [0.5, 0.6) is 5.75 Å². The molecule has 0 aliphatic rings. The van der Waals surface area contributed by atoms with Gasteiger partial charge in [-0.1, -0.05) is 0 Å². The topological polar surface area (TPSA) is 72.0 Å². The lowest BCUT2D eigenvalue weighted by molar-refractivity contribution is 0.415. The van der Waals surface area contributed by atoms with Crippen LogP contribution in [0.25, 0.3) is 0 Å². The highest BCUT2D eigenvalue weighted by molar-refractivity contribution is 7.14. The van der Waals surface area contributed by atoms with Gasteiger partial charge >= 0.3 is 0 Å². The molecule has 0 radical (unpaired) electrons. The minimum absolute atomic E-state index is 0.669. The molecule has 2 heterocycles. The molecule has 0 saturated carbocycles. The fraction of sp³-hybridized carbons (Fsp3) is 0.0714. The van der Waals surface area contributed by atoms with Crippen LogP contribution < -0.4 is 15.4 Å². The number of aromatic nitrogens is 3. The number of anilines is 4. The Bertz CT molecular complexity index is 699. The molecule has 0 unspecified atom stereocenters. The lowest BCUT2D eigenvalue weighted by Gasteiger charge is -2.04. The zero-order valence-corrected chi connectivity index (χ0v) is 12.1. The summed E-state index contributed by atoms with van der Waals surface area (Å²) in [6.45, 7) is 0. The SMILES string of the molecule is COc1ccc(Nc2csc(Nc3cnccn3)n2)cc1. The molecule has 0 atom stereocenters. The molecule has 1 aromatic carbocycles. The van der Waals surface area contributed by atoms with Crippen molar-refractivity contribution in [1.82, 2.24) is 15.0 Å². The standard InChI is InChI=1S/C14H13N5OS/c1-20-11-4-2-10(3-5-11)17-13-9-21-14(19-13)18-12-8-15-6-7-16-12/h2-9,17H,1H3,(H,16,18,19). The van der Waals surface area contributed by atoms with Crippen LogP contribution in [0.1, 0.15) is 0 Å². The first-order chi connectivity index (χ1) is 10.3. The Hall–Kier alpha value is -2.67.